The Labute approximate surface area is 120 Å². The van der Waals surface area contributed by atoms with Gasteiger partial charge in [-0.15, -0.1) is 5.10 Å². The Balaban J connectivity index is 2.30. The topological polar surface area (TPSA) is 52.0 Å². The normalized spacial score (nSPS) is 13.4. The monoisotopic (exact) mass is 274 g/mol. The van der Waals surface area contributed by atoms with Crippen LogP contribution in [0.3, 0.4) is 0 Å². The molecule has 1 aromatic carbocycles. The van der Waals surface area contributed by atoms with Gasteiger partial charge >= 0.3 is 0 Å². The molecule has 1 N–H and O–H groups in total. The second kappa shape index (κ2) is 6.15. The first kappa shape index (κ1) is 14.7. The maximum absolute atomic E-state index is 5.52. The second-order valence-electron chi connectivity index (χ2n) is 5.42. The van der Waals surface area contributed by atoms with Crippen LogP contribution in [0.4, 0.5) is 0 Å². The van der Waals surface area contributed by atoms with Gasteiger partial charge in [-0.05, 0) is 39.4 Å². The molecule has 0 saturated heterocycles. The van der Waals surface area contributed by atoms with Gasteiger partial charge in [-0.3, -0.25) is 0 Å². The summed E-state index contributed by atoms with van der Waals surface area (Å²) in [7, 11) is 3.68. The van der Waals surface area contributed by atoms with E-state index in [1.165, 1.54) is 0 Å². The molecule has 20 heavy (non-hydrogen) atoms. The maximum atomic E-state index is 5.52. The van der Waals surface area contributed by atoms with Crippen LogP contribution in [0.15, 0.2) is 36.5 Å². The minimum absolute atomic E-state index is 0.125. The summed E-state index contributed by atoms with van der Waals surface area (Å²) in [4.78, 5) is 0. The van der Waals surface area contributed by atoms with Gasteiger partial charge in [0.25, 0.3) is 0 Å². The first-order valence-electron chi connectivity index (χ1n) is 6.76. The van der Waals surface area contributed by atoms with Crippen molar-refractivity contribution >= 4 is 0 Å². The maximum Gasteiger partial charge on any atom is 0.0816 e. The highest BCUT2D eigenvalue weighted by Crippen LogP contribution is 2.26. The number of benzene rings is 1. The van der Waals surface area contributed by atoms with Crippen molar-refractivity contribution in [2.24, 2.45) is 0 Å². The summed E-state index contributed by atoms with van der Waals surface area (Å²) in [5.41, 5.74) is 1.83. The van der Waals surface area contributed by atoms with Gasteiger partial charge in [0, 0.05) is 7.11 Å². The molecule has 0 amide bonds. The number of methoxy groups -OCH3 is 1. The summed E-state index contributed by atoms with van der Waals surface area (Å²) >= 11 is 0. The number of ether oxygens (including phenoxy) is 1. The van der Waals surface area contributed by atoms with Crippen LogP contribution in [0.2, 0.25) is 0 Å². The fourth-order valence-corrected chi connectivity index (χ4v) is 2.18. The lowest BCUT2D eigenvalue weighted by Gasteiger charge is -2.28. The summed E-state index contributed by atoms with van der Waals surface area (Å²) in [5, 5.41) is 11.6. The standard InChI is InChI=1S/C15H22N4O/c1-15(2,20-4)10-13(16-3)14-11-17-18-19(14)12-8-6-5-7-9-12/h5-9,11,13,16H,10H2,1-4H3. The predicted molar refractivity (Wildman–Crippen MR) is 78.9 cm³/mol. The minimum Gasteiger partial charge on any atom is -0.379 e. The van der Waals surface area contributed by atoms with Crippen molar-refractivity contribution in [1.29, 1.82) is 0 Å². The molecule has 0 aliphatic rings. The summed E-state index contributed by atoms with van der Waals surface area (Å²) in [5.74, 6) is 0. The molecule has 0 bridgehead atoms. The number of hydrogen-bond donors (Lipinski definition) is 1. The third kappa shape index (κ3) is 3.23. The smallest absolute Gasteiger partial charge is 0.0816 e. The zero-order valence-electron chi connectivity index (χ0n) is 12.5. The van der Waals surface area contributed by atoms with Gasteiger partial charge < -0.3 is 10.1 Å². The average Bonchev–Trinajstić information content (AvgIpc) is 2.95. The molecular formula is C15H22N4O. The van der Waals surface area contributed by atoms with Crippen LogP contribution in [0.1, 0.15) is 32.0 Å². The highest BCUT2D eigenvalue weighted by atomic mass is 16.5. The van der Waals surface area contributed by atoms with Crippen molar-refractivity contribution < 1.29 is 4.74 Å². The van der Waals surface area contributed by atoms with Crippen LogP contribution < -0.4 is 5.32 Å². The Morgan fingerprint density at radius 3 is 2.60 bits per heavy atom. The first-order valence-corrected chi connectivity index (χ1v) is 6.76. The van der Waals surface area contributed by atoms with Crippen LogP contribution >= 0.6 is 0 Å². The molecule has 0 spiro atoms. The van der Waals surface area contributed by atoms with E-state index in [0.717, 1.165) is 17.8 Å². The average molecular weight is 274 g/mol. The van der Waals surface area contributed by atoms with E-state index in [1.807, 2.05) is 42.1 Å². The molecule has 2 rings (SSSR count). The van der Waals surface area contributed by atoms with Gasteiger partial charge in [-0.2, -0.15) is 0 Å². The third-order valence-corrected chi connectivity index (χ3v) is 3.53. The van der Waals surface area contributed by atoms with Crippen molar-refractivity contribution in [3.8, 4) is 5.69 Å². The molecule has 0 saturated carbocycles. The molecule has 1 aromatic heterocycles. The van der Waals surface area contributed by atoms with Gasteiger partial charge in [0.2, 0.25) is 0 Å². The van der Waals surface area contributed by atoms with E-state index in [0.29, 0.717) is 0 Å². The van der Waals surface area contributed by atoms with Crippen LogP contribution in [-0.4, -0.2) is 34.8 Å². The SMILES string of the molecule is CNC(CC(C)(C)OC)c1cnnn1-c1ccccc1. The Bertz CT molecular complexity index is 536. The second-order valence-corrected chi connectivity index (χ2v) is 5.42. The Kier molecular flexibility index (Phi) is 4.52. The third-order valence-electron chi connectivity index (χ3n) is 3.53. The molecule has 0 aliphatic heterocycles. The van der Waals surface area contributed by atoms with E-state index in [9.17, 15) is 0 Å². The number of nitrogens with zero attached hydrogens (tertiary/aromatic N) is 3. The molecule has 108 valence electrons. The van der Waals surface area contributed by atoms with Crippen LogP contribution in [-0.2, 0) is 4.74 Å². The van der Waals surface area contributed by atoms with Gasteiger partial charge in [-0.1, -0.05) is 23.4 Å². The zero-order chi connectivity index (χ0) is 14.6. The number of aromatic nitrogens is 3. The van der Waals surface area contributed by atoms with Crippen molar-refractivity contribution in [3.05, 3.63) is 42.2 Å². The number of hydrogen-bond acceptors (Lipinski definition) is 4. The molecule has 5 nitrogen and oxygen atoms in total. The van der Waals surface area contributed by atoms with Crippen LogP contribution in [0.25, 0.3) is 5.69 Å². The molecule has 0 aliphatic carbocycles. The minimum atomic E-state index is -0.209. The van der Waals surface area contributed by atoms with Gasteiger partial charge in [-0.25, -0.2) is 4.68 Å². The van der Waals surface area contributed by atoms with Crippen LogP contribution in [0, 0.1) is 0 Å². The number of para-hydroxylation sites is 1. The van der Waals surface area contributed by atoms with E-state index >= 15 is 0 Å². The van der Waals surface area contributed by atoms with E-state index in [2.05, 4.69) is 29.5 Å². The van der Waals surface area contributed by atoms with Gasteiger partial charge in [0.05, 0.1) is 29.2 Å². The lowest BCUT2D eigenvalue weighted by molar-refractivity contribution is 0.00692. The molecule has 1 heterocycles. The van der Waals surface area contributed by atoms with Crippen molar-refractivity contribution in [1.82, 2.24) is 20.3 Å². The highest BCUT2D eigenvalue weighted by Gasteiger charge is 2.25. The summed E-state index contributed by atoms with van der Waals surface area (Å²) < 4.78 is 7.39. The molecule has 1 atom stereocenters. The summed E-state index contributed by atoms with van der Waals surface area (Å²) in [6.07, 6.45) is 2.64. The van der Waals surface area contributed by atoms with Crippen molar-refractivity contribution in [3.63, 3.8) is 0 Å². The van der Waals surface area contributed by atoms with E-state index in [4.69, 9.17) is 4.74 Å². The molecule has 0 fully saturated rings. The largest absolute Gasteiger partial charge is 0.379 e. The van der Waals surface area contributed by atoms with Gasteiger partial charge in [0.15, 0.2) is 0 Å². The number of nitrogens with one attached hydrogen (secondary N) is 1. The zero-order valence-corrected chi connectivity index (χ0v) is 12.5. The van der Waals surface area contributed by atoms with Crippen LogP contribution in [0.5, 0.6) is 0 Å². The van der Waals surface area contributed by atoms with E-state index in [-0.39, 0.29) is 11.6 Å². The first-order chi connectivity index (χ1) is 9.57. The van der Waals surface area contributed by atoms with Crippen molar-refractivity contribution in [2.75, 3.05) is 14.2 Å². The number of rotatable bonds is 6. The van der Waals surface area contributed by atoms with E-state index in [1.54, 1.807) is 13.3 Å². The predicted octanol–water partition coefficient (Wildman–Crippen LogP) is 2.34. The fraction of sp³-hybridized carbons (Fsp3) is 0.467. The Morgan fingerprint density at radius 2 is 2.00 bits per heavy atom. The molecule has 5 heteroatoms. The lowest BCUT2D eigenvalue weighted by Crippen LogP contribution is -2.31. The van der Waals surface area contributed by atoms with Crippen molar-refractivity contribution in [2.45, 2.75) is 31.9 Å². The highest BCUT2D eigenvalue weighted by molar-refractivity contribution is 5.32. The lowest BCUT2D eigenvalue weighted by atomic mass is 9.97. The molecular weight excluding hydrogens is 252 g/mol. The molecule has 0 radical (unpaired) electrons. The Hall–Kier alpha value is -1.72. The molecule has 2 aromatic rings. The summed E-state index contributed by atoms with van der Waals surface area (Å²) in [6.45, 7) is 4.15. The summed E-state index contributed by atoms with van der Waals surface area (Å²) in [6, 6.07) is 10.1. The fourth-order valence-electron chi connectivity index (χ4n) is 2.18. The van der Waals surface area contributed by atoms with E-state index < -0.39 is 0 Å². The quantitative estimate of drug-likeness (QED) is 0.878. The van der Waals surface area contributed by atoms with Gasteiger partial charge in [0.1, 0.15) is 0 Å². The Morgan fingerprint density at radius 1 is 1.30 bits per heavy atom. The molecule has 1 unspecified atom stereocenters.